The lowest BCUT2D eigenvalue weighted by molar-refractivity contribution is 0.298. The number of anilines is 1. The van der Waals surface area contributed by atoms with Crippen molar-refractivity contribution in [1.82, 2.24) is 10.3 Å². The van der Waals surface area contributed by atoms with Crippen molar-refractivity contribution < 1.29 is 4.74 Å². The standard InChI is InChI=1S/C10H17N3O/c1-2-12-7-4-8-14-10-6-3-5-9(11)13-10/h3,5-6,12H,2,4,7-8H2,1H3,(H2,11,13). The highest BCUT2D eigenvalue weighted by molar-refractivity contribution is 5.30. The fourth-order valence-electron chi connectivity index (χ4n) is 1.06. The average Bonchev–Trinajstić information content (AvgIpc) is 2.18. The van der Waals surface area contributed by atoms with Gasteiger partial charge in [-0.25, -0.2) is 0 Å². The molecule has 4 heteroatoms. The lowest BCUT2D eigenvalue weighted by Crippen LogP contribution is -2.16. The molecule has 0 fully saturated rings. The van der Waals surface area contributed by atoms with Crippen molar-refractivity contribution in [2.75, 3.05) is 25.4 Å². The van der Waals surface area contributed by atoms with Crippen LogP contribution in [0.3, 0.4) is 0 Å². The molecule has 0 amide bonds. The van der Waals surface area contributed by atoms with Crippen LogP contribution in [0.1, 0.15) is 13.3 Å². The summed E-state index contributed by atoms with van der Waals surface area (Å²) in [5.74, 6) is 1.09. The van der Waals surface area contributed by atoms with Gasteiger partial charge in [-0.05, 0) is 25.6 Å². The Bertz CT molecular complexity index is 265. The summed E-state index contributed by atoms with van der Waals surface area (Å²) in [6, 6.07) is 5.39. The number of aromatic nitrogens is 1. The average molecular weight is 195 g/mol. The zero-order valence-corrected chi connectivity index (χ0v) is 8.49. The fraction of sp³-hybridized carbons (Fsp3) is 0.500. The molecule has 0 saturated carbocycles. The van der Waals surface area contributed by atoms with Gasteiger partial charge in [0.1, 0.15) is 5.82 Å². The number of nitrogens with zero attached hydrogens (tertiary/aromatic N) is 1. The number of ether oxygens (including phenoxy) is 1. The van der Waals surface area contributed by atoms with Gasteiger partial charge in [-0.1, -0.05) is 13.0 Å². The highest BCUT2D eigenvalue weighted by atomic mass is 16.5. The summed E-state index contributed by atoms with van der Waals surface area (Å²) in [5, 5.41) is 3.22. The van der Waals surface area contributed by atoms with Crippen LogP contribution in [0.25, 0.3) is 0 Å². The van der Waals surface area contributed by atoms with Gasteiger partial charge >= 0.3 is 0 Å². The number of nitrogens with one attached hydrogen (secondary N) is 1. The van der Waals surface area contributed by atoms with Crippen LogP contribution in [0.15, 0.2) is 18.2 Å². The molecule has 0 atom stereocenters. The lowest BCUT2D eigenvalue weighted by atomic mass is 10.4. The van der Waals surface area contributed by atoms with Crippen LogP contribution < -0.4 is 15.8 Å². The van der Waals surface area contributed by atoms with E-state index in [1.165, 1.54) is 0 Å². The van der Waals surface area contributed by atoms with E-state index >= 15 is 0 Å². The molecule has 0 unspecified atom stereocenters. The van der Waals surface area contributed by atoms with E-state index in [-0.39, 0.29) is 0 Å². The molecule has 0 aliphatic heterocycles. The second-order valence-corrected chi connectivity index (χ2v) is 2.96. The molecule has 0 bridgehead atoms. The van der Waals surface area contributed by atoms with E-state index in [9.17, 15) is 0 Å². The van der Waals surface area contributed by atoms with Crippen molar-refractivity contribution in [3.05, 3.63) is 18.2 Å². The molecule has 14 heavy (non-hydrogen) atoms. The van der Waals surface area contributed by atoms with Crippen molar-refractivity contribution in [3.8, 4) is 5.88 Å². The van der Waals surface area contributed by atoms with Crippen LogP contribution in [0, 0.1) is 0 Å². The van der Waals surface area contributed by atoms with Gasteiger partial charge in [-0.2, -0.15) is 4.98 Å². The van der Waals surface area contributed by atoms with E-state index in [4.69, 9.17) is 10.5 Å². The molecule has 0 spiro atoms. The third-order valence-corrected chi connectivity index (χ3v) is 1.74. The molecular formula is C10H17N3O. The largest absolute Gasteiger partial charge is 0.478 e. The Morgan fingerprint density at radius 3 is 3.07 bits per heavy atom. The van der Waals surface area contributed by atoms with Crippen LogP contribution in [-0.4, -0.2) is 24.7 Å². The van der Waals surface area contributed by atoms with Gasteiger partial charge in [-0.3, -0.25) is 0 Å². The van der Waals surface area contributed by atoms with Crippen molar-refractivity contribution in [2.24, 2.45) is 0 Å². The predicted octanol–water partition coefficient (Wildman–Crippen LogP) is 1.04. The second kappa shape index (κ2) is 6.21. The Balaban J connectivity index is 2.18. The number of rotatable bonds is 6. The SMILES string of the molecule is CCNCCCOc1cccc(N)n1. The number of nitrogens with two attached hydrogens (primary N) is 1. The minimum Gasteiger partial charge on any atom is -0.478 e. The van der Waals surface area contributed by atoms with Crippen LogP contribution in [0.4, 0.5) is 5.82 Å². The molecule has 4 nitrogen and oxygen atoms in total. The Labute approximate surface area is 84.5 Å². The molecule has 0 saturated heterocycles. The minimum atomic E-state index is 0.495. The quantitative estimate of drug-likeness (QED) is 0.666. The molecule has 0 aliphatic carbocycles. The normalized spacial score (nSPS) is 10.1. The van der Waals surface area contributed by atoms with Gasteiger partial charge in [-0.15, -0.1) is 0 Å². The third-order valence-electron chi connectivity index (χ3n) is 1.74. The first-order valence-corrected chi connectivity index (χ1v) is 4.89. The Morgan fingerprint density at radius 2 is 2.36 bits per heavy atom. The van der Waals surface area contributed by atoms with E-state index in [0.717, 1.165) is 19.5 Å². The molecule has 0 aliphatic rings. The summed E-state index contributed by atoms with van der Waals surface area (Å²) in [6.45, 7) is 4.72. The first kappa shape index (κ1) is 10.8. The third kappa shape index (κ3) is 4.09. The Hall–Kier alpha value is -1.29. The van der Waals surface area contributed by atoms with Gasteiger partial charge in [0.25, 0.3) is 0 Å². The molecule has 0 radical (unpaired) electrons. The zero-order chi connectivity index (χ0) is 10.2. The number of hydrogen-bond donors (Lipinski definition) is 2. The van der Waals surface area contributed by atoms with E-state index in [2.05, 4.69) is 17.2 Å². The van der Waals surface area contributed by atoms with E-state index < -0.39 is 0 Å². The molecule has 1 aromatic rings. The summed E-state index contributed by atoms with van der Waals surface area (Å²) >= 11 is 0. The smallest absolute Gasteiger partial charge is 0.215 e. The molecule has 78 valence electrons. The summed E-state index contributed by atoms with van der Waals surface area (Å²) in [7, 11) is 0. The second-order valence-electron chi connectivity index (χ2n) is 2.96. The van der Waals surface area contributed by atoms with Crippen molar-refractivity contribution in [2.45, 2.75) is 13.3 Å². The van der Waals surface area contributed by atoms with Crippen LogP contribution in [-0.2, 0) is 0 Å². The number of nitrogen functional groups attached to an aromatic ring is 1. The van der Waals surface area contributed by atoms with Gasteiger partial charge < -0.3 is 15.8 Å². The van der Waals surface area contributed by atoms with Gasteiger partial charge in [0, 0.05) is 6.07 Å². The highest BCUT2D eigenvalue weighted by Gasteiger charge is 1.94. The van der Waals surface area contributed by atoms with Crippen LogP contribution in [0.2, 0.25) is 0 Å². The summed E-state index contributed by atoms with van der Waals surface area (Å²) in [6.07, 6.45) is 0.977. The lowest BCUT2D eigenvalue weighted by Gasteiger charge is -2.05. The van der Waals surface area contributed by atoms with Crippen molar-refractivity contribution in [3.63, 3.8) is 0 Å². The van der Waals surface area contributed by atoms with E-state index in [0.29, 0.717) is 18.3 Å². The maximum Gasteiger partial charge on any atom is 0.215 e. The summed E-state index contributed by atoms with van der Waals surface area (Å²) in [5.41, 5.74) is 5.51. The molecule has 1 rings (SSSR count). The van der Waals surface area contributed by atoms with E-state index in [1.54, 1.807) is 6.07 Å². The zero-order valence-electron chi connectivity index (χ0n) is 8.49. The number of hydrogen-bond acceptors (Lipinski definition) is 4. The Morgan fingerprint density at radius 1 is 1.50 bits per heavy atom. The first-order valence-electron chi connectivity index (χ1n) is 4.89. The predicted molar refractivity (Wildman–Crippen MR) is 57.3 cm³/mol. The molecular weight excluding hydrogens is 178 g/mol. The van der Waals surface area contributed by atoms with Crippen LogP contribution in [0.5, 0.6) is 5.88 Å². The van der Waals surface area contributed by atoms with Crippen molar-refractivity contribution in [1.29, 1.82) is 0 Å². The molecule has 0 aromatic carbocycles. The van der Waals surface area contributed by atoms with Gasteiger partial charge in [0.05, 0.1) is 6.61 Å². The van der Waals surface area contributed by atoms with E-state index in [1.807, 2.05) is 12.1 Å². The van der Waals surface area contributed by atoms with Gasteiger partial charge in [0.15, 0.2) is 0 Å². The minimum absolute atomic E-state index is 0.495. The monoisotopic (exact) mass is 195 g/mol. The van der Waals surface area contributed by atoms with Crippen LogP contribution >= 0.6 is 0 Å². The highest BCUT2D eigenvalue weighted by Crippen LogP contribution is 2.08. The fourth-order valence-corrected chi connectivity index (χ4v) is 1.06. The first-order chi connectivity index (χ1) is 6.83. The maximum absolute atomic E-state index is 5.51. The summed E-state index contributed by atoms with van der Waals surface area (Å²) in [4.78, 5) is 4.03. The molecule has 3 N–H and O–H groups in total. The molecule has 1 heterocycles. The Kier molecular flexibility index (Phi) is 4.78. The maximum atomic E-state index is 5.51. The topological polar surface area (TPSA) is 60.2 Å². The summed E-state index contributed by atoms with van der Waals surface area (Å²) < 4.78 is 5.40. The molecule has 1 aromatic heterocycles. The van der Waals surface area contributed by atoms with Gasteiger partial charge in [0.2, 0.25) is 5.88 Å². The number of pyridine rings is 1. The van der Waals surface area contributed by atoms with Crippen molar-refractivity contribution >= 4 is 5.82 Å².